The van der Waals surface area contributed by atoms with Gasteiger partial charge in [-0.25, -0.2) is 0 Å². The lowest BCUT2D eigenvalue weighted by Gasteiger charge is -2.19. The number of nitrogens with one attached hydrogen (secondary N) is 1. The first-order valence-corrected chi connectivity index (χ1v) is 6.98. The molecule has 10 heteroatoms. The molecule has 2 rings (SSSR count). The van der Waals surface area contributed by atoms with Crippen LogP contribution in [0.1, 0.15) is 22.9 Å². The minimum atomic E-state index is -5.01. The van der Waals surface area contributed by atoms with Crippen molar-refractivity contribution >= 4 is 17.3 Å². The molecule has 0 fully saturated rings. The van der Waals surface area contributed by atoms with Crippen molar-refractivity contribution < 1.29 is 36.6 Å². The van der Waals surface area contributed by atoms with Crippen molar-refractivity contribution in [3.8, 4) is 5.75 Å². The largest absolute Gasteiger partial charge is 0.507 e. The van der Waals surface area contributed by atoms with Gasteiger partial charge >= 0.3 is 12.4 Å². The molecular formula is C15H10ClF6NO2. The van der Waals surface area contributed by atoms with E-state index in [1.807, 2.05) is 0 Å². The Morgan fingerprint density at radius 3 is 1.88 bits per heavy atom. The van der Waals surface area contributed by atoms with Gasteiger partial charge in [0.25, 0.3) is 0 Å². The second-order valence-corrected chi connectivity index (χ2v) is 5.48. The minimum Gasteiger partial charge on any atom is -0.507 e. The minimum absolute atomic E-state index is 0.0333. The monoisotopic (exact) mass is 385 g/mol. The van der Waals surface area contributed by atoms with E-state index < -0.39 is 41.1 Å². The van der Waals surface area contributed by atoms with Crippen LogP contribution in [0, 0.1) is 0 Å². The van der Waals surface area contributed by atoms with Gasteiger partial charge < -0.3 is 15.5 Å². The first-order valence-electron chi connectivity index (χ1n) is 6.60. The fraction of sp³-hybridized carbons (Fsp3) is 0.200. The van der Waals surface area contributed by atoms with E-state index in [-0.39, 0.29) is 16.7 Å². The first kappa shape index (κ1) is 19.2. The first-order chi connectivity index (χ1) is 11.4. The van der Waals surface area contributed by atoms with Gasteiger partial charge in [0.15, 0.2) is 6.23 Å². The van der Waals surface area contributed by atoms with Gasteiger partial charge in [-0.05, 0) is 36.4 Å². The van der Waals surface area contributed by atoms with E-state index >= 15 is 0 Å². The lowest BCUT2D eigenvalue weighted by Crippen LogP contribution is -2.14. The number of phenols is 1. The number of anilines is 1. The molecule has 0 aromatic heterocycles. The Labute approximate surface area is 142 Å². The Balaban J connectivity index is 2.43. The van der Waals surface area contributed by atoms with E-state index in [0.717, 1.165) is 12.1 Å². The molecule has 0 aliphatic heterocycles. The summed E-state index contributed by atoms with van der Waals surface area (Å²) < 4.78 is 76.8. The zero-order chi connectivity index (χ0) is 19.0. The van der Waals surface area contributed by atoms with Gasteiger partial charge in [-0.15, -0.1) is 0 Å². The van der Waals surface area contributed by atoms with Gasteiger partial charge in [0.05, 0.1) is 11.1 Å². The van der Waals surface area contributed by atoms with E-state index in [1.165, 1.54) is 6.07 Å². The number of aliphatic hydroxyl groups excluding tert-OH is 1. The fourth-order valence-corrected chi connectivity index (χ4v) is 2.20. The summed E-state index contributed by atoms with van der Waals surface area (Å²) in [5.74, 6) is -0.438. The van der Waals surface area contributed by atoms with Crippen molar-refractivity contribution in [2.45, 2.75) is 18.6 Å². The molecule has 1 unspecified atom stereocenters. The molecule has 0 bridgehead atoms. The molecule has 2 aromatic rings. The molecule has 25 heavy (non-hydrogen) atoms. The second-order valence-electron chi connectivity index (χ2n) is 5.04. The molecule has 0 spiro atoms. The molecule has 0 amide bonds. The topological polar surface area (TPSA) is 52.5 Å². The van der Waals surface area contributed by atoms with Crippen LogP contribution in [-0.4, -0.2) is 10.2 Å². The number of hydrogen-bond donors (Lipinski definition) is 3. The zero-order valence-electron chi connectivity index (χ0n) is 12.1. The third-order valence-electron chi connectivity index (χ3n) is 3.18. The van der Waals surface area contributed by atoms with E-state index in [4.69, 9.17) is 11.6 Å². The van der Waals surface area contributed by atoms with Crippen molar-refractivity contribution in [1.82, 2.24) is 0 Å². The van der Waals surface area contributed by atoms with Crippen molar-refractivity contribution in [2.75, 3.05) is 5.32 Å². The number of hydrogen-bond acceptors (Lipinski definition) is 3. The number of aliphatic hydroxyl groups is 1. The highest BCUT2D eigenvalue weighted by Gasteiger charge is 2.37. The van der Waals surface area contributed by atoms with Crippen molar-refractivity contribution in [1.29, 1.82) is 0 Å². The van der Waals surface area contributed by atoms with Gasteiger partial charge in [-0.2, -0.15) is 26.3 Å². The average Bonchev–Trinajstić information content (AvgIpc) is 2.47. The Morgan fingerprint density at radius 2 is 1.40 bits per heavy atom. The smallest absolute Gasteiger partial charge is 0.416 e. The molecule has 0 radical (unpaired) electrons. The highest BCUT2D eigenvalue weighted by molar-refractivity contribution is 6.30. The summed E-state index contributed by atoms with van der Waals surface area (Å²) in [7, 11) is 0. The molecule has 0 heterocycles. The van der Waals surface area contributed by atoms with Crippen LogP contribution in [0.2, 0.25) is 5.02 Å². The van der Waals surface area contributed by atoms with Gasteiger partial charge in [0.1, 0.15) is 5.75 Å². The van der Waals surface area contributed by atoms with Crippen LogP contribution in [0.15, 0.2) is 36.4 Å². The van der Waals surface area contributed by atoms with E-state index in [9.17, 15) is 36.6 Å². The van der Waals surface area contributed by atoms with Crippen LogP contribution in [0.4, 0.5) is 32.0 Å². The molecule has 0 aliphatic rings. The molecule has 1 atom stereocenters. The Bertz CT molecular complexity index is 743. The quantitative estimate of drug-likeness (QED) is 0.503. The summed E-state index contributed by atoms with van der Waals surface area (Å²) in [6.07, 6.45) is -11.8. The Hall–Kier alpha value is -2.13. The van der Waals surface area contributed by atoms with E-state index in [1.54, 1.807) is 0 Å². The molecule has 136 valence electrons. The predicted octanol–water partition coefficient (Wildman–Crippen LogP) is 5.19. The second kappa shape index (κ2) is 6.64. The molecule has 0 saturated heterocycles. The van der Waals surface area contributed by atoms with Gasteiger partial charge in [0.2, 0.25) is 0 Å². The molecule has 0 aliphatic carbocycles. The number of phenolic OH excluding ortho intramolecular Hbond substituents is 1. The van der Waals surface area contributed by atoms with Crippen molar-refractivity contribution in [3.63, 3.8) is 0 Å². The standard InChI is InChI=1S/C15H10ClF6NO2/c16-9-1-2-12(24)11(6-9)13(25)23-10-4-7(14(17,18)19)3-8(5-10)15(20,21)22/h1-6,13,23-25H. The summed E-state index contributed by atoms with van der Waals surface area (Å²) in [5, 5.41) is 21.8. The van der Waals surface area contributed by atoms with E-state index in [2.05, 4.69) is 5.32 Å². The third-order valence-corrected chi connectivity index (χ3v) is 3.41. The van der Waals surface area contributed by atoms with Gasteiger partial charge in [-0.1, -0.05) is 11.6 Å². The maximum Gasteiger partial charge on any atom is 0.416 e. The van der Waals surface area contributed by atoms with Crippen LogP contribution in [0.3, 0.4) is 0 Å². The Kier molecular flexibility index (Phi) is 5.10. The summed E-state index contributed by atoms with van der Waals surface area (Å²) in [4.78, 5) is 0. The highest BCUT2D eigenvalue weighted by Crippen LogP contribution is 2.38. The third kappa shape index (κ3) is 4.70. The lowest BCUT2D eigenvalue weighted by molar-refractivity contribution is -0.143. The van der Waals surface area contributed by atoms with Gasteiger partial charge in [0, 0.05) is 16.3 Å². The average molecular weight is 386 g/mol. The normalized spacial score (nSPS) is 13.6. The summed E-state index contributed by atoms with van der Waals surface area (Å²) in [6, 6.07) is 4.33. The van der Waals surface area contributed by atoms with Crippen LogP contribution in [-0.2, 0) is 12.4 Å². The number of halogens is 7. The van der Waals surface area contributed by atoms with Crippen LogP contribution >= 0.6 is 11.6 Å². The summed E-state index contributed by atoms with van der Waals surface area (Å²) in [5.41, 5.74) is -3.91. The van der Waals surface area contributed by atoms with Crippen molar-refractivity contribution in [2.24, 2.45) is 0 Å². The summed E-state index contributed by atoms with van der Waals surface area (Å²) >= 11 is 5.69. The lowest BCUT2D eigenvalue weighted by atomic mass is 10.1. The highest BCUT2D eigenvalue weighted by atomic mass is 35.5. The molecule has 2 aromatic carbocycles. The van der Waals surface area contributed by atoms with Crippen molar-refractivity contribution in [3.05, 3.63) is 58.1 Å². The van der Waals surface area contributed by atoms with Crippen LogP contribution in [0.5, 0.6) is 5.75 Å². The van der Waals surface area contributed by atoms with Gasteiger partial charge in [-0.3, -0.25) is 0 Å². The molecular weight excluding hydrogens is 376 g/mol. The number of benzene rings is 2. The van der Waals surface area contributed by atoms with Crippen LogP contribution in [0.25, 0.3) is 0 Å². The van der Waals surface area contributed by atoms with Crippen LogP contribution < -0.4 is 5.32 Å². The molecule has 3 N–H and O–H groups in total. The maximum absolute atomic E-state index is 12.8. The fourth-order valence-electron chi connectivity index (χ4n) is 2.02. The SMILES string of the molecule is Oc1ccc(Cl)cc1C(O)Nc1cc(C(F)(F)F)cc(C(F)(F)F)c1. The zero-order valence-corrected chi connectivity index (χ0v) is 12.8. The molecule has 3 nitrogen and oxygen atoms in total. The number of rotatable bonds is 3. The molecule has 0 saturated carbocycles. The predicted molar refractivity (Wildman–Crippen MR) is 78.1 cm³/mol. The Morgan fingerprint density at radius 1 is 0.880 bits per heavy atom. The number of alkyl halides is 6. The maximum atomic E-state index is 12.8. The summed E-state index contributed by atoms with van der Waals surface area (Å²) in [6.45, 7) is 0. The number of aromatic hydroxyl groups is 1. The van der Waals surface area contributed by atoms with E-state index in [0.29, 0.717) is 12.1 Å².